The molecule has 0 saturated carbocycles. The van der Waals surface area contributed by atoms with E-state index in [1.807, 2.05) is 6.92 Å². The molecule has 0 bridgehead atoms. The van der Waals surface area contributed by atoms with Crippen molar-refractivity contribution in [3.05, 3.63) is 47.0 Å². The third-order valence-corrected chi connectivity index (χ3v) is 5.11. The van der Waals surface area contributed by atoms with Gasteiger partial charge in [-0.3, -0.25) is 9.59 Å². The van der Waals surface area contributed by atoms with Crippen molar-refractivity contribution in [1.29, 1.82) is 0 Å². The Kier molecular flexibility index (Phi) is 6.64. The maximum Gasteiger partial charge on any atom is 0.265 e. The number of nitrogens with one attached hydrogen (secondary N) is 1. The van der Waals surface area contributed by atoms with Crippen molar-refractivity contribution in [2.75, 3.05) is 23.9 Å². The Hall–Kier alpha value is -2.73. The van der Waals surface area contributed by atoms with Crippen molar-refractivity contribution in [2.24, 2.45) is 0 Å². The van der Waals surface area contributed by atoms with Gasteiger partial charge in [0.05, 0.1) is 12.8 Å². The Labute approximate surface area is 175 Å². The van der Waals surface area contributed by atoms with E-state index in [9.17, 15) is 9.59 Å². The number of carbonyl (C=O) groups is 2. The molecule has 2 amide bonds. The number of piperidine rings is 1. The van der Waals surface area contributed by atoms with Gasteiger partial charge in [0.2, 0.25) is 5.91 Å². The highest BCUT2D eigenvalue weighted by atomic mass is 35.5. The van der Waals surface area contributed by atoms with E-state index in [0.717, 1.165) is 18.4 Å². The summed E-state index contributed by atoms with van der Waals surface area (Å²) in [7, 11) is 1.57. The van der Waals surface area contributed by atoms with Gasteiger partial charge < -0.3 is 19.7 Å². The van der Waals surface area contributed by atoms with E-state index >= 15 is 0 Å². The van der Waals surface area contributed by atoms with Gasteiger partial charge >= 0.3 is 0 Å². The normalized spacial score (nSPS) is 15.0. The van der Waals surface area contributed by atoms with Crippen molar-refractivity contribution in [1.82, 2.24) is 0 Å². The first kappa shape index (κ1) is 21.0. The predicted molar refractivity (Wildman–Crippen MR) is 114 cm³/mol. The van der Waals surface area contributed by atoms with Crippen LogP contribution in [0.25, 0.3) is 0 Å². The summed E-state index contributed by atoms with van der Waals surface area (Å²) >= 11 is 5.96. The first-order valence-electron chi connectivity index (χ1n) is 9.61. The maximum absolute atomic E-state index is 12.6. The highest BCUT2D eigenvalue weighted by Crippen LogP contribution is 2.33. The van der Waals surface area contributed by atoms with E-state index in [-0.39, 0.29) is 11.8 Å². The summed E-state index contributed by atoms with van der Waals surface area (Å²) in [4.78, 5) is 26.7. The Morgan fingerprint density at radius 3 is 2.62 bits per heavy atom. The minimum atomic E-state index is -0.711. The largest absolute Gasteiger partial charge is 0.495 e. The van der Waals surface area contributed by atoms with Gasteiger partial charge in [-0.25, -0.2) is 0 Å². The fraction of sp³-hybridized carbons (Fsp3) is 0.364. The second-order valence-corrected chi connectivity index (χ2v) is 7.48. The van der Waals surface area contributed by atoms with E-state index in [4.69, 9.17) is 21.1 Å². The zero-order valence-electron chi connectivity index (χ0n) is 16.8. The van der Waals surface area contributed by atoms with E-state index in [1.165, 1.54) is 0 Å². The first-order chi connectivity index (χ1) is 13.9. The zero-order chi connectivity index (χ0) is 21.0. The lowest BCUT2D eigenvalue weighted by atomic mass is 10.1. The second kappa shape index (κ2) is 9.18. The van der Waals surface area contributed by atoms with Gasteiger partial charge in [-0.15, -0.1) is 0 Å². The van der Waals surface area contributed by atoms with Gasteiger partial charge in [0.1, 0.15) is 11.5 Å². The van der Waals surface area contributed by atoms with Crippen LogP contribution in [0.3, 0.4) is 0 Å². The van der Waals surface area contributed by atoms with Crippen LogP contribution in [0.15, 0.2) is 36.4 Å². The predicted octanol–water partition coefficient (Wildman–Crippen LogP) is 4.58. The number of benzene rings is 2. The number of rotatable bonds is 6. The van der Waals surface area contributed by atoms with Crippen LogP contribution in [0, 0.1) is 6.92 Å². The van der Waals surface area contributed by atoms with E-state index in [0.29, 0.717) is 40.9 Å². The molecule has 1 heterocycles. The summed E-state index contributed by atoms with van der Waals surface area (Å²) in [6.07, 6.45) is 1.64. The average molecular weight is 417 g/mol. The molecule has 1 fully saturated rings. The standard InChI is InChI=1S/C22H25ClN2O4/c1-14-12-16(23)7-9-19(14)29-15(2)22(27)24-17-8-10-20(28-3)18(13-17)25-11-5-4-6-21(25)26/h7-10,12-13,15H,4-6,11H2,1-3H3,(H,24,27). The molecule has 1 unspecified atom stereocenters. The van der Waals surface area contributed by atoms with E-state index in [2.05, 4.69) is 5.32 Å². The van der Waals surface area contributed by atoms with Crippen molar-refractivity contribution in [3.8, 4) is 11.5 Å². The molecule has 2 aromatic rings. The smallest absolute Gasteiger partial charge is 0.265 e. The monoisotopic (exact) mass is 416 g/mol. The number of amides is 2. The maximum atomic E-state index is 12.6. The molecule has 1 aliphatic rings. The summed E-state index contributed by atoms with van der Waals surface area (Å²) in [6.45, 7) is 4.20. The van der Waals surface area contributed by atoms with Crippen LogP contribution in [0.1, 0.15) is 31.7 Å². The number of nitrogens with zero attached hydrogens (tertiary/aromatic N) is 1. The van der Waals surface area contributed by atoms with E-state index < -0.39 is 6.10 Å². The Balaban J connectivity index is 1.74. The van der Waals surface area contributed by atoms with Gasteiger partial charge in [-0.1, -0.05) is 11.6 Å². The number of methoxy groups -OCH3 is 1. The molecule has 2 aromatic carbocycles. The highest BCUT2D eigenvalue weighted by Gasteiger charge is 2.23. The molecule has 1 N–H and O–H groups in total. The van der Waals surface area contributed by atoms with Crippen molar-refractivity contribution >= 4 is 34.8 Å². The van der Waals surface area contributed by atoms with Gasteiger partial charge in [0.25, 0.3) is 5.91 Å². The quantitative estimate of drug-likeness (QED) is 0.748. The number of carbonyl (C=O) groups excluding carboxylic acids is 2. The number of hydrogen-bond donors (Lipinski definition) is 1. The van der Waals surface area contributed by atoms with Crippen LogP contribution in [0.5, 0.6) is 11.5 Å². The van der Waals surface area contributed by atoms with Crippen LogP contribution < -0.4 is 19.7 Å². The zero-order valence-corrected chi connectivity index (χ0v) is 17.6. The van der Waals surface area contributed by atoms with E-state index in [1.54, 1.807) is 55.3 Å². The molecule has 1 atom stereocenters. The van der Waals surface area contributed by atoms with Crippen LogP contribution in [-0.4, -0.2) is 31.6 Å². The lowest BCUT2D eigenvalue weighted by molar-refractivity contribution is -0.122. The molecular weight excluding hydrogens is 392 g/mol. The summed E-state index contributed by atoms with van der Waals surface area (Å²) in [6, 6.07) is 10.5. The Morgan fingerprint density at radius 1 is 1.17 bits per heavy atom. The van der Waals surface area contributed by atoms with Crippen LogP contribution in [0.2, 0.25) is 5.02 Å². The molecule has 3 rings (SSSR count). The number of halogens is 1. The van der Waals surface area contributed by atoms with Gasteiger partial charge in [0, 0.05) is 23.7 Å². The minimum Gasteiger partial charge on any atom is -0.495 e. The molecule has 7 heteroatoms. The van der Waals surface area contributed by atoms with Crippen molar-refractivity contribution in [3.63, 3.8) is 0 Å². The minimum absolute atomic E-state index is 0.0629. The number of ether oxygens (including phenoxy) is 2. The molecule has 1 aliphatic heterocycles. The van der Waals surface area contributed by atoms with Gasteiger partial charge in [-0.2, -0.15) is 0 Å². The summed E-state index contributed by atoms with van der Waals surface area (Å²) < 4.78 is 11.2. The summed E-state index contributed by atoms with van der Waals surface area (Å²) in [5.41, 5.74) is 2.09. The summed E-state index contributed by atoms with van der Waals surface area (Å²) in [5, 5.41) is 3.47. The molecule has 0 radical (unpaired) electrons. The third kappa shape index (κ3) is 5.01. The van der Waals surface area contributed by atoms with Crippen LogP contribution >= 0.6 is 11.6 Å². The number of aryl methyl sites for hydroxylation is 1. The first-order valence-corrected chi connectivity index (χ1v) is 9.99. The molecule has 0 aliphatic carbocycles. The lowest BCUT2D eigenvalue weighted by Gasteiger charge is -2.28. The topological polar surface area (TPSA) is 67.9 Å². The van der Waals surface area contributed by atoms with Crippen molar-refractivity contribution < 1.29 is 19.1 Å². The summed E-state index contributed by atoms with van der Waals surface area (Å²) in [5.74, 6) is 0.971. The Bertz CT molecular complexity index is 916. The fourth-order valence-electron chi connectivity index (χ4n) is 3.27. The van der Waals surface area contributed by atoms with Gasteiger partial charge in [0.15, 0.2) is 6.10 Å². The number of anilines is 2. The molecule has 0 aromatic heterocycles. The second-order valence-electron chi connectivity index (χ2n) is 7.05. The van der Waals surface area contributed by atoms with Crippen LogP contribution in [-0.2, 0) is 9.59 Å². The molecule has 154 valence electrons. The molecule has 1 saturated heterocycles. The number of hydrogen-bond acceptors (Lipinski definition) is 4. The highest BCUT2D eigenvalue weighted by molar-refractivity contribution is 6.30. The van der Waals surface area contributed by atoms with Gasteiger partial charge in [-0.05, 0) is 68.7 Å². The molecular formula is C22H25ClN2O4. The average Bonchev–Trinajstić information content (AvgIpc) is 2.70. The lowest BCUT2D eigenvalue weighted by Crippen LogP contribution is -2.35. The van der Waals surface area contributed by atoms with Crippen molar-refractivity contribution in [2.45, 2.75) is 39.2 Å². The SMILES string of the molecule is COc1ccc(NC(=O)C(C)Oc2ccc(Cl)cc2C)cc1N1CCCCC1=O. The fourth-order valence-corrected chi connectivity index (χ4v) is 3.50. The molecule has 0 spiro atoms. The third-order valence-electron chi connectivity index (χ3n) is 4.87. The molecule has 6 nitrogen and oxygen atoms in total. The Morgan fingerprint density at radius 2 is 1.93 bits per heavy atom. The molecule has 29 heavy (non-hydrogen) atoms. The van der Waals surface area contributed by atoms with Crippen LogP contribution in [0.4, 0.5) is 11.4 Å².